The van der Waals surface area contributed by atoms with Crippen LogP contribution in [-0.4, -0.2) is 38.4 Å². The van der Waals surface area contributed by atoms with Gasteiger partial charge in [-0.15, -0.1) is 0 Å². The fourth-order valence-electron chi connectivity index (χ4n) is 1.29. The van der Waals surface area contributed by atoms with Crippen LogP contribution in [0.25, 0.3) is 0 Å². The second kappa shape index (κ2) is 4.36. The average molecular weight is 207 g/mol. The minimum absolute atomic E-state index is 0.00167. The van der Waals surface area contributed by atoms with Gasteiger partial charge in [0.2, 0.25) is 0 Å². The first-order chi connectivity index (χ1) is 6.06. The molecule has 0 saturated carbocycles. The number of hydrogen-bond acceptors (Lipinski definition) is 3. The molecule has 13 heavy (non-hydrogen) atoms. The molecule has 0 radical (unpaired) electrons. The Bertz CT molecular complexity index is 252. The van der Waals surface area contributed by atoms with E-state index in [0.29, 0.717) is 19.6 Å². The van der Waals surface area contributed by atoms with Gasteiger partial charge < -0.3 is 5.73 Å². The molecule has 3 N–H and O–H groups in total. The zero-order valence-corrected chi connectivity index (χ0v) is 8.68. The molecule has 0 unspecified atom stereocenters. The minimum atomic E-state index is -3.25. The number of hydrogen-bond donors (Lipinski definition) is 2. The van der Waals surface area contributed by atoms with E-state index >= 15 is 0 Å². The van der Waals surface area contributed by atoms with Crippen molar-refractivity contribution in [1.29, 1.82) is 0 Å². The monoisotopic (exact) mass is 207 g/mol. The maximum absolute atomic E-state index is 11.5. The quantitative estimate of drug-likeness (QED) is 0.638. The Hall–Kier alpha value is -0.170. The highest BCUT2D eigenvalue weighted by Gasteiger charge is 2.28. The zero-order valence-electron chi connectivity index (χ0n) is 7.86. The van der Waals surface area contributed by atoms with Gasteiger partial charge in [-0.05, 0) is 12.8 Å². The molecule has 0 aliphatic carbocycles. The normalized spacial score (nSPS) is 25.2. The summed E-state index contributed by atoms with van der Waals surface area (Å²) in [5.41, 5.74) is 5.62. The van der Waals surface area contributed by atoms with E-state index in [0.717, 1.165) is 12.8 Å². The third-order valence-corrected chi connectivity index (χ3v) is 3.64. The maximum atomic E-state index is 11.5. The van der Waals surface area contributed by atoms with E-state index in [2.05, 4.69) is 4.72 Å². The summed E-state index contributed by atoms with van der Waals surface area (Å²) in [6.45, 7) is 3.41. The highest BCUT2D eigenvalue weighted by molar-refractivity contribution is 7.87. The molecule has 0 aromatic heterocycles. The van der Waals surface area contributed by atoms with Crippen LogP contribution >= 0.6 is 0 Å². The summed E-state index contributed by atoms with van der Waals surface area (Å²) in [5.74, 6) is 0. The van der Waals surface area contributed by atoms with Crippen molar-refractivity contribution in [1.82, 2.24) is 9.03 Å². The van der Waals surface area contributed by atoms with Crippen molar-refractivity contribution in [2.45, 2.75) is 25.8 Å². The lowest BCUT2D eigenvalue weighted by atomic mass is 10.3. The Kier molecular flexibility index (Phi) is 3.66. The summed E-state index contributed by atoms with van der Waals surface area (Å²) in [7, 11) is -3.25. The molecular formula is C7H17N3O2S. The molecule has 6 heteroatoms. The molecule has 1 aliphatic heterocycles. The van der Waals surface area contributed by atoms with Crippen molar-refractivity contribution in [3.05, 3.63) is 0 Å². The molecule has 1 aliphatic rings. The lowest BCUT2D eigenvalue weighted by Gasteiger charge is -2.15. The predicted molar refractivity (Wildman–Crippen MR) is 51.4 cm³/mol. The standard InChI is InChI=1S/C7H17N3O2S/c1-2-4-9-13(11,12)10-5-3-7(8)6-10/h7,9H,2-6,8H2,1H3/t7-/m0/s1. The Morgan fingerprint density at radius 1 is 1.62 bits per heavy atom. The third-order valence-electron chi connectivity index (χ3n) is 2.06. The molecule has 0 spiro atoms. The lowest BCUT2D eigenvalue weighted by molar-refractivity contribution is 0.460. The molecule has 1 atom stereocenters. The number of nitrogens with one attached hydrogen (secondary N) is 1. The van der Waals surface area contributed by atoms with Crippen LogP contribution in [0, 0.1) is 0 Å². The summed E-state index contributed by atoms with van der Waals surface area (Å²) in [6, 6.07) is -0.00167. The van der Waals surface area contributed by atoms with Crippen molar-refractivity contribution in [2.75, 3.05) is 19.6 Å². The first-order valence-corrected chi connectivity index (χ1v) is 6.00. The molecule has 0 bridgehead atoms. The van der Waals surface area contributed by atoms with Crippen molar-refractivity contribution in [3.8, 4) is 0 Å². The fourth-order valence-corrected chi connectivity index (χ4v) is 2.67. The summed E-state index contributed by atoms with van der Waals surface area (Å²) in [5, 5.41) is 0. The van der Waals surface area contributed by atoms with Crippen molar-refractivity contribution in [2.24, 2.45) is 5.73 Å². The minimum Gasteiger partial charge on any atom is -0.326 e. The largest absolute Gasteiger partial charge is 0.326 e. The lowest BCUT2D eigenvalue weighted by Crippen LogP contribution is -2.40. The van der Waals surface area contributed by atoms with Gasteiger partial charge in [0.05, 0.1) is 0 Å². The molecule has 1 fully saturated rings. The van der Waals surface area contributed by atoms with Gasteiger partial charge in [-0.2, -0.15) is 12.7 Å². The van der Waals surface area contributed by atoms with Crippen molar-refractivity contribution in [3.63, 3.8) is 0 Å². The third kappa shape index (κ3) is 2.91. The smallest absolute Gasteiger partial charge is 0.279 e. The van der Waals surface area contributed by atoms with E-state index in [1.807, 2.05) is 6.92 Å². The van der Waals surface area contributed by atoms with Gasteiger partial charge in [-0.3, -0.25) is 0 Å². The molecular weight excluding hydrogens is 190 g/mol. The molecule has 1 heterocycles. The summed E-state index contributed by atoms with van der Waals surface area (Å²) in [4.78, 5) is 0. The van der Waals surface area contributed by atoms with Crippen LogP contribution in [0.3, 0.4) is 0 Å². The van der Waals surface area contributed by atoms with E-state index in [1.165, 1.54) is 4.31 Å². The van der Waals surface area contributed by atoms with Crippen molar-refractivity contribution >= 4 is 10.2 Å². The van der Waals surface area contributed by atoms with E-state index < -0.39 is 10.2 Å². The molecule has 78 valence electrons. The average Bonchev–Trinajstić information content (AvgIpc) is 2.49. The van der Waals surface area contributed by atoms with Crippen LogP contribution < -0.4 is 10.5 Å². The van der Waals surface area contributed by atoms with Crippen LogP contribution in [0.1, 0.15) is 19.8 Å². The van der Waals surface area contributed by atoms with E-state index in [-0.39, 0.29) is 6.04 Å². The molecule has 0 aromatic carbocycles. The van der Waals surface area contributed by atoms with Gasteiger partial charge in [-0.1, -0.05) is 6.92 Å². The van der Waals surface area contributed by atoms with Gasteiger partial charge in [0.15, 0.2) is 0 Å². The maximum Gasteiger partial charge on any atom is 0.279 e. The number of nitrogens with two attached hydrogens (primary N) is 1. The first kappa shape index (κ1) is 10.9. The van der Waals surface area contributed by atoms with Gasteiger partial charge in [0.25, 0.3) is 10.2 Å². The molecule has 5 nitrogen and oxygen atoms in total. The van der Waals surface area contributed by atoms with Crippen LogP contribution in [0.15, 0.2) is 0 Å². The van der Waals surface area contributed by atoms with Crippen molar-refractivity contribution < 1.29 is 8.42 Å². The van der Waals surface area contributed by atoms with Gasteiger partial charge in [-0.25, -0.2) is 4.72 Å². The van der Waals surface area contributed by atoms with Crippen LogP contribution in [0.4, 0.5) is 0 Å². The van der Waals surface area contributed by atoms with Crippen LogP contribution in [0.2, 0.25) is 0 Å². The van der Waals surface area contributed by atoms with Gasteiger partial charge in [0, 0.05) is 25.7 Å². The van der Waals surface area contributed by atoms with Gasteiger partial charge >= 0.3 is 0 Å². The SMILES string of the molecule is CCCNS(=O)(=O)N1CC[C@H](N)C1. The molecule has 1 saturated heterocycles. The summed E-state index contributed by atoms with van der Waals surface area (Å²) < 4.78 is 26.9. The highest BCUT2D eigenvalue weighted by Crippen LogP contribution is 2.10. The second-order valence-corrected chi connectivity index (χ2v) is 5.06. The fraction of sp³-hybridized carbons (Fsp3) is 1.00. The predicted octanol–water partition coefficient (Wildman–Crippen LogP) is -0.736. The number of rotatable bonds is 4. The van der Waals surface area contributed by atoms with E-state index in [4.69, 9.17) is 5.73 Å². The molecule has 1 rings (SSSR count). The highest BCUT2D eigenvalue weighted by atomic mass is 32.2. The van der Waals surface area contributed by atoms with Crippen LogP contribution in [-0.2, 0) is 10.2 Å². The first-order valence-electron chi connectivity index (χ1n) is 4.56. The Balaban J connectivity index is 2.50. The van der Waals surface area contributed by atoms with E-state index in [9.17, 15) is 8.42 Å². The number of nitrogens with zero attached hydrogens (tertiary/aromatic N) is 1. The Labute approximate surface area is 79.5 Å². The zero-order chi connectivity index (χ0) is 9.90. The van der Waals surface area contributed by atoms with Crippen LogP contribution in [0.5, 0.6) is 0 Å². The molecule has 0 amide bonds. The second-order valence-electron chi connectivity index (χ2n) is 3.31. The van der Waals surface area contributed by atoms with E-state index in [1.54, 1.807) is 0 Å². The Morgan fingerprint density at radius 2 is 2.31 bits per heavy atom. The molecule has 0 aromatic rings. The Morgan fingerprint density at radius 3 is 2.77 bits per heavy atom. The summed E-state index contributed by atoms with van der Waals surface area (Å²) in [6.07, 6.45) is 1.56. The van der Waals surface area contributed by atoms with Gasteiger partial charge in [0.1, 0.15) is 0 Å². The topological polar surface area (TPSA) is 75.4 Å². The summed E-state index contributed by atoms with van der Waals surface area (Å²) >= 11 is 0.